The minimum Gasteiger partial charge on any atom is -0.206 e. The van der Waals surface area contributed by atoms with Crippen molar-refractivity contribution in [3.8, 4) is 11.1 Å². The van der Waals surface area contributed by atoms with Crippen molar-refractivity contribution in [2.45, 2.75) is 26.7 Å². The number of nitrogens with zero attached hydrogens (tertiary/aromatic N) is 2. The van der Waals surface area contributed by atoms with Crippen LogP contribution in [0.3, 0.4) is 0 Å². The van der Waals surface area contributed by atoms with Gasteiger partial charge in [0.15, 0.2) is 0 Å². The maximum Gasteiger partial charge on any atom is 0.131 e. The summed E-state index contributed by atoms with van der Waals surface area (Å²) in [6, 6.07) is 21.2. The summed E-state index contributed by atoms with van der Waals surface area (Å²) in [7, 11) is 0. The smallest absolute Gasteiger partial charge is 0.131 e. The van der Waals surface area contributed by atoms with Gasteiger partial charge in [0.05, 0.1) is 12.4 Å². The van der Waals surface area contributed by atoms with E-state index in [4.69, 9.17) is 0 Å². The molecule has 0 atom stereocenters. The molecule has 0 fully saturated rings. The molecule has 0 aliphatic carbocycles. The summed E-state index contributed by atoms with van der Waals surface area (Å²) in [5.74, 6) is -0.259. The van der Waals surface area contributed by atoms with Crippen LogP contribution in [0.2, 0.25) is 0 Å². The van der Waals surface area contributed by atoms with E-state index in [1.807, 2.05) is 49.4 Å². The summed E-state index contributed by atoms with van der Waals surface area (Å²) in [5, 5.41) is 8.09. The van der Waals surface area contributed by atoms with Crippen LogP contribution in [-0.4, -0.2) is 12.4 Å². The zero-order chi connectivity index (χ0) is 19.1. The molecule has 0 saturated heterocycles. The van der Waals surface area contributed by atoms with E-state index in [9.17, 15) is 4.39 Å². The molecule has 0 aliphatic heterocycles. The Kier molecular flexibility index (Phi) is 6.26. The molecule has 0 N–H and O–H groups in total. The van der Waals surface area contributed by atoms with Crippen LogP contribution in [0.1, 0.15) is 35.6 Å². The molecule has 2 nitrogen and oxygen atoms in total. The molecule has 0 bridgehead atoms. The lowest BCUT2D eigenvalue weighted by Crippen LogP contribution is -1.90. The molecular weight excluding hydrogens is 335 g/mol. The molecule has 0 amide bonds. The number of halogens is 1. The lowest BCUT2D eigenvalue weighted by molar-refractivity contribution is 0.631. The third kappa shape index (κ3) is 4.98. The third-order valence-corrected chi connectivity index (χ3v) is 4.46. The predicted molar refractivity (Wildman–Crippen MR) is 112 cm³/mol. The first-order valence-electron chi connectivity index (χ1n) is 9.18. The Morgan fingerprint density at radius 3 is 2.33 bits per heavy atom. The highest BCUT2D eigenvalue weighted by atomic mass is 19.1. The van der Waals surface area contributed by atoms with Crippen molar-refractivity contribution in [2.24, 2.45) is 10.2 Å². The first kappa shape index (κ1) is 18.7. The van der Waals surface area contributed by atoms with Crippen molar-refractivity contribution in [3.05, 3.63) is 94.8 Å². The van der Waals surface area contributed by atoms with Gasteiger partial charge in [0.2, 0.25) is 0 Å². The molecule has 0 heterocycles. The molecule has 0 saturated carbocycles. The van der Waals surface area contributed by atoms with E-state index < -0.39 is 0 Å². The second-order valence-corrected chi connectivity index (χ2v) is 6.53. The minimum atomic E-state index is -0.259. The van der Waals surface area contributed by atoms with Crippen LogP contribution in [-0.2, 0) is 6.42 Å². The van der Waals surface area contributed by atoms with E-state index in [1.165, 1.54) is 11.6 Å². The largest absolute Gasteiger partial charge is 0.206 e. The van der Waals surface area contributed by atoms with Gasteiger partial charge < -0.3 is 0 Å². The zero-order valence-electron chi connectivity index (χ0n) is 15.7. The fraction of sp³-hybridized carbons (Fsp3) is 0.167. The van der Waals surface area contributed by atoms with Crippen molar-refractivity contribution in [1.82, 2.24) is 0 Å². The van der Waals surface area contributed by atoms with Crippen LogP contribution in [0.4, 0.5) is 4.39 Å². The van der Waals surface area contributed by atoms with Gasteiger partial charge in [0.1, 0.15) is 5.82 Å². The Morgan fingerprint density at radius 1 is 0.889 bits per heavy atom. The van der Waals surface area contributed by atoms with Crippen molar-refractivity contribution < 1.29 is 4.39 Å². The van der Waals surface area contributed by atoms with Crippen molar-refractivity contribution in [2.75, 3.05) is 0 Å². The number of hydrogen-bond acceptors (Lipinski definition) is 2. The van der Waals surface area contributed by atoms with E-state index >= 15 is 0 Å². The summed E-state index contributed by atoms with van der Waals surface area (Å²) in [6.07, 6.45) is 5.41. The van der Waals surface area contributed by atoms with Gasteiger partial charge in [-0.2, -0.15) is 10.2 Å². The van der Waals surface area contributed by atoms with Crippen LogP contribution in [0, 0.1) is 12.7 Å². The summed E-state index contributed by atoms with van der Waals surface area (Å²) >= 11 is 0. The molecule has 27 heavy (non-hydrogen) atoms. The lowest BCUT2D eigenvalue weighted by Gasteiger charge is -2.06. The van der Waals surface area contributed by atoms with E-state index in [2.05, 4.69) is 29.3 Å². The van der Waals surface area contributed by atoms with E-state index in [1.54, 1.807) is 18.5 Å². The molecule has 0 spiro atoms. The van der Waals surface area contributed by atoms with Crippen LogP contribution in [0.25, 0.3) is 11.1 Å². The normalized spacial score (nSPS) is 11.5. The first-order chi connectivity index (χ1) is 13.2. The highest BCUT2D eigenvalue weighted by molar-refractivity contribution is 5.84. The third-order valence-electron chi connectivity index (χ3n) is 4.46. The number of hydrogen-bond donors (Lipinski definition) is 0. The Morgan fingerprint density at radius 2 is 1.63 bits per heavy atom. The topological polar surface area (TPSA) is 24.7 Å². The molecule has 136 valence electrons. The fourth-order valence-electron chi connectivity index (χ4n) is 2.91. The molecule has 0 aliphatic rings. The van der Waals surface area contributed by atoms with Gasteiger partial charge in [-0.25, -0.2) is 4.39 Å². The molecule has 0 aromatic heterocycles. The van der Waals surface area contributed by atoms with Gasteiger partial charge in [-0.05, 0) is 47.2 Å². The van der Waals surface area contributed by atoms with E-state index in [0.29, 0.717) is 11.1 Å². The molecule has 3 heteroatoms. The van der Waals surface area contributed by atoms with Crippen LogP contribution >= 0.6 is 0 Å². The van der Waals surface area contributed by atoms with Crippen LogP contribution in [0.15, 0.2) is 76.9 Å². The first-order valence-corrected chi connectivity index (χ1v) is 9.18. The summed E-state index contributed by atoms with van der Waals surface area (Å²) in [6.45, 7) is 4.17. The average molecular weight is 358 g/mol. The SMILES string of the molecule is CCCc1ccc(-c2ccc(C=NN=Cc3ccccc3C)cc2F)cc1. The van der Waals surface area contributed by atoms with Gasteiger partial charge in [-0.15, -0.1) is 0 Å². The standard InChI is InChI=1S/C24H23FN2/c1-3-6-19-9-12-21(13-10-19)23-14-11-20(15-24(23)25)16-26-27-17-22-8-5-4-7-18(22)2/h4-5,7-17H,3,6H2,1-2H3. The second kappa shape index (κ2) is 9.04. The van der Waals surface area contributed by atoms with Gasteiger partial charge in [-0.1, -0.05) is 74.0 Å². The minimum absolute atomic E-state index is 0.259. The van der Waals surface area contributed by atoms with Crippen molar-refractivity contribution in [1.29, 1.82) is 0 Å². The van der Waals surface area contributed by atoms with Crippen LogP contribution in [0.5, 0.6) is 0 Å². The summed E-state index contributed by atoms with van der Waals surface area (Å²) < 4.78 is 14.5. The highest BCUT2D eigenvalue weighted by Gasteiger charge is 2.05. The molecule has 0 unspecified atom stereocenters. The van der Waals surface area contributed by atoms with E-state index in [-0.39, 0.29) is 5.82 Å². The van der Waals surface area contributed by atoms with Crippen LogP contribution < -0.4 is 0 Å². The summed E-state index contributed by atoms with van der Waals surface area (Å²) in [4.78, 5) is 0. The van der Waals surface area contributed by atoms with Gasteiger partial charge in [-0.3, -0.25) is 0 Å². The average Bonchev–Trinajstić information content (AvgIpc) is 2.68. The lowest BCUT2D eigenvalue weighted by atomic mass is 10.0. The zero-order valence-corrected chi connectivity index (χ0v) is 15.7. The maximum absolute atomic E-state index is 14.5. The Balaban J connectivity index is 1.72. The molecule has 3 aromatic rings. The number of aryl methyl sites for hydroxylation is 2. The van der Waals surface area contributed by atoms with Gasteiger partial charge in [0, 0.05) is 5.56 Å². The molecular formula is C24H23FN2. The Hall–Kier alpha value is -3.07. The summed E-state index contributed by atoms with van der Waals surface area (Å²) in [5.41, 5.74) is 5.59. The molecule has 3 aromatic carbocycles. The monoisotopic (exact) mass is 358 g/mol. The van der Waals surface area contributed by atoms with Crippen molar-refractivity contribution in [3.63, 3.8) is 0 Å². The molecule has 0 radical (unpaired) electrons. The quantitative estimate of drug-likeness (QED) is 0.370. The second-order valence-electron chi connectivity index (χ2n) is 6.53. The maximum atomic E-state index is 14.5. The molecule has 3 rings (SSSR count). The van der Waals surface area contributed by atoms with Gasteiger partial charge in [0.25, 0.3) is 0 Å². The fourth-order valence-corrected chi connectivity index (χ4v) is 2.91. The van der Waals surface area contributed by atoms with Gasteiger partial charge >= 0.3 is 0 Å². The Bertz CT molecular complexity index is 956. The number of benzene rings is 3. The van der Waals surface area contributed by atoms with E-state index in [0.717, 1.165) is 29.5 Å². The number of rotatable bonds is 6. The predicted octanol–water partition coefficient (Wildman–Crippen LogP) is 6.21. The highest BCUT2D eigenvalue weighted by Crippen LogP contribution is 2.24. The Labute approximate surface area is 160 Å². The van der Waals surface area contributed by atoms with Crippen molar-refractivity contribution >= 4 is 12.4 Å².